The average Bonchev–Trinajstić information content (AvgIpc) is 3.15. The lowest BCUT2D eigenvalue weighted by molar-refractivity contribution is 0.0997. The van der Waals surface area contributed by atoms with Crippen LogP contribution in [0.5, 0.6) is 0 Å². The van der Waals surface area contributed by atoms with E-state index in [9.17, 15) is 9.59 Å². The van der Waals surface area contributed by atoms with Crippen LogP contribution >= 0.6 is 23.1 Å². The number of thioether (sulfide) groups is 1. The quantitative estimate of drug-likeness (QED) is 0.366. The summed E-state index contributed by atoms with van der Waals surface area (Å²) >= 11 is 2.84. The Balaban J connectivity index is 1.48. The number of rotatable bonds is 5. The Morgan fingerprint density at radius 1 is 1.10 bits per heavy atom. The van der Waals surface area contributed by atoms with Gasteiger partial charge in [0, 0.05) is 11.8 Å². The van der Waals surface area contributed by atoms with Gasteiger partial charge in [-0.25, -0.2) is 0 Å². The highest BCUT2D eigenvalue weighted by Gasteiger charge is 2.16. The first-order valence-electron chi connectivity index (χ1n) is 8.87. The third kappa shape index (κ3) is 4.23. The maximum absolute atomic E-state index is 12.5. The number of benzene rings is 2. The van der Waals surface area contributed by atoms with Gasteiger partial charge in [0.15, 0.2) is 15.5 Å². The fraction of sp³-hybridized carbons (Fsp3) is 0.143. The molecule has 146 valence electrons. The van der Waals surface area contributed by atoms with E-state index < -0.39 is 5.91 Å². The van der Waals surface area contributed by atoms with Gasteiger partial charge in [-0.15, -0.1) is 10.2 Å². The molecule has 0 spiro atoms. The molecule has 0 unspecified atom stereocenters. The minimum Gasteiger partial charge on any atom is -0.450 e. The molecule has 6 nitrogen and oxygen atoms in total. The minimum atomic E-state index is -0.529. The molecule has 0 saturated heterocycles. The van der Waals surface area contributed by atoms with Crippen molar-refractivity contribution in [2.24, 2.45) is 0 Å². The number of anilines is 1. The molecule has 29 heavy (non-hydrogen) atoms. The van der Waals surface area contributed by atoms with Crippen molar-refractivity contribution in [2.75, 3.05) is 5.32 Å². The van der Waals surface area contributed by atoms with Gasteiger partial charge in [0.25, 0.3) is 5.91 Å². The first-order valence-corrected chi connectivity index (χ1v) is 10.7. The highest BCUT2D eigenvalue weighted by molar-refractivity contribution is 8.00. The standard InChI is InChI=1S/C21H17N3O3S2/c1-12-6-3-4-8-14(12)11-28-21-24-23-20(29-21)22-19(26)17-10-16(25)15-9-5-7-13(2)18(15)27-17/h3-10H,11H2,1-2H3,(H,22,23,26). The van der Waals surface area contributed by atoms with Crippen LogP contribution in [-0.4, -0.2) is 16.1 Å². The summed E-state index contributed by atoms with van der Waals surface area (Å²) < 4.78 is 6.42. The van der Waals surface area contributed by atoms with Crippen molar-refractivity contribution in [1.29, 1.82) is 0 Å². The highest BCUT2D eigenvalue weighted by atomic mass is 32.2. The third-order valence-corrected chi connectivity index (χ3v) is 6.44. The second-order valence-corrected chi connectivity index (χ2v) is 8.67. The number of carbonyl (C=O) groups excluding carboxylic acids is 1. The molecule has 4 aromatic rings. The van der Waals surface area contributed by atoms with Crippen LogP contribution in [0.25, 0.3) is 11.0 Å². The number of carbonyl (C=O) groups is 1. The number of aromatic nitrogens is 2. The van der Waals surface area contributed by atoms with Crippen LogP contribution in [-0.2, 0) is 5.75 Å². The van der Waals surface area contributed by atoms with E-state index in [1.807, 2.05) is 25.1 Å². The number of amides is 1. The number of para-hydroxylation sites is 1. The third-order valence-electron chi connectivity index (χ3n) is 4.41. The van der Waals surface area contributed by atoms with E-state index in [1.54, 1.807) is 23.9 Å². The van der Waals surface area contributed by atoms with Crippen LogP contribution in [0, 0.1) is 13.8 Å². The number of hydrogen-bond acceptors (Lipinski definition) is 7. The largest absolute Gasteiger partial charge is 0.450 e. The Bertz CT molecular complexity index is 1260. The molecule has 1 amide bonds. The van der Waals surface area contributed by atoms with Crippen molar-refractivity contribution in [1.82, 2.24) is 10.2 Å². The number of fused-ring (bicyclic) bond motifs is 1. The van der Waals surface area contributed by atoms with Crippen molar-refractivity contribution in [3.05, 3.63) is 81.2 Å². The Labute approximate surface area is 175 Å². The normalized spacial score (nSPS) is 11.0. The Morgan fingerprint density at radius 3 is 2.72 bits per heavy atom. The molecule has 0 aliphatic carbocycles. The number of nitrogens with zero attached hydrogens (tertiary/aromatic N) is 2. The molecule has 1 N–H and O–H groups in total. The Hall–Kier alpha value is -2.97. The first-order chi connectivity index (χ1) is 14.0. The summed E-state index contributed by atoms with van der Waals surface area (Å²) in [7, 11) is 0. The molecule has 0 aliphatic heterocycles. The summed E-state index contributed by atoms with van der Waals surface area (Å²) in [5.41, 5.74) is 3.40. The van der Waals surface area contributed by atoms with Crippen molar-refractivity contribution in [3.8, 4) is 0 Å². The molecule has 0 fully saturated rings. The predicted octanol–water partition coefficient (Wildman–Crippen LogP) is 4.81. The monoisotopic (exact) mass is 423 g/mol. The molecule has 0 bridgehead atoms. The van der Waals surface area contributed by atoms with E-state index >= 15 is 0 Å². The second-order valence-electron chi connectivity index (χ2n) is 6.47. The summed E-state index contributed by atoms with van der Waals surface area (Å²) in [6.45, 7) is 3.90. The summed E-state index contributed by atoms with van der Waals surface area (Å²) in [4.78, 5) is 24.8. The molecule has 0 aliphatic rings. The van der Waals surface area contributed by atoms with Gasteiger partial charge < -0.3 is 4.42 Å². The molecule has 2 aromatic heterocycles. The summed E-state index contributed by atoms with van der Waals surface area (Å²) in [5.74, 6) is 0.189. The summed E-state index contributed by atoms with van der Waals surface area (Å²) in [6.07, 6.45) is 0. The zero-order valence-electron chi connectivity index (χ0n) is 15.8. The van der Waals surface area contributed by atoms with Gasteiger partial charge in [-0.05, 0) is 36.6 Å². The average molecular weight is 424 g/mol. The lowest BCUT2D eigenvalue weighted by Gasteiger charge is -2.04. The van der Waals surface area contributed by atoms with E-state index in [2.05, 4.69) is 34.6 Å². The van der Waals surface area contributed by atoms with E-state index in [0.29, 0.717) is 16.1 Å². The Kier molecular flexibility index (Phi) is 5.46. The second kappa shape index (κ2) is 8.18. The highest BCUT2D eigenvalue weighted by Crippen LogP contribution is 2.29. The van der Waals surface area contributed by atoms with Gasteiger partial charge in [0.05, 0.1) is 5.39 Å². The zero-order chi connectivity index (χ0) is 20.4. The smallest absolute Gasteiger partial charge is 0.293 e. The van der Waals surface area contributed by atoms with Crippen molar-refractivity contribution < 1.29 is 9.21 Å². The number of nitrogens with one attached hydrogen (secondary N) is 1. The molecular formula is C21H17N3O3S2. The molecule has 2 aromatic carbocycles. The molecular weight excluding hydrogens is 406 g/mol. The predicted molar refractivity (Wildman–Crippen MR) is 116 cm³/mol. The van der Waals surface area contributed by atoms with Gasteiger partial charge >= 0.3 is 0 Å². The van der Waals surface area contributed by atoms with Crippen molar-refractivity contribution in [2.45, 2.75) is 23.9 Å². The lowest BCUT2D eigenvalue weighted by Crippen LogP contribution is -2.15. The fourth-order valence-corrected chi connectivity index (χ4v) is 4.64. The van der Waals surface area contributed by atoms with Gasteiger partial charge in [0.2, 0.25) is 5.13 Å². The first kappa shape index (κ1) is 19.4. The molecule has 0 atom stereocenters. The van der Waals surface area contributed by atoms with Crippen LogP contribution < -0.4 is 10.7 Å². The number of aryl methyl sites for hydroxylation is 2. The van der Waals surface area contributed by atoms with Gasteiger partial charge in [-0.2, -0.15) is 0 Å². The van der Waals surface area contributed by atoms with E-state index in [-0.39, 0.29) is 11.2 Å². The van der Waals surface area contributed by atoms with Gasteiger partial charge in [0.1, 0.15) is 5.58 Å². The zero-order valence-corrected chi connectivity index (χ0v) is 17.4. The fourth-order valence-electron chi connectivity index (χ4n) is 2.82. The van der Waals surface area contributed by atoms with Crippen molar-refractivity contribution in [3.63, 3.8) is 0 Å². The summed E-state index contributed by atoms with van der Waals surface area (Å²) in [6, 6.07) is 14.7. The van der Waals surface area contributed by atoms with Gasteiger partial charge in [-0.1, -0.05) is 59.5 Å². The number of hydrogen-bond donors (Lipinski definition) is 1. The molecule has 0 saturated carbocycles. The SMILES string of the molecule is Cc1ccccc1CSc1nnc(NC(=O)c2cc(=O)c3cccc(C)c3o2)s1. The molecule has 2 heterocycles. The van der Waals surface area contributed by atoms with Crippen LogP contribution in [0.1, 0.15) is 27.2 Å². The topological polar surface area (TPSA) is 85.1 Å². The maximum Gasteiger partial charge on any atom is 0.293 e. The van der Waals surface area contributed by atoms with E-state index in [0.717, 1.165) is 15.7 Å². The van der Waals surface area contributed by atoms with Crippen LogP contribution in [0.4, 0.5) is 5.13 Å². The molecule has 0 radical (unpaired) electrons. The molecule has 4 rings (SSSR count). The van der Waals surface area contributed by atoms with E-state index in [1.165, 1.54) is 28.5 Å². The maximum atomic E-state index is 12.5. The van der Waals surface area contributed by atoms with Crippen LogP contribution in [0.15, 0.2) is 62.1 Å². The minimum absolute atomic E-state index is 0.0545. The lowest BCUT2D eigenvalue weighted by atomic mass is 10.1. The summed E-state index contributed by atoms with van der Waals surface area (Å²) in [5, 5.41) is 11.6. The van der Waals surface area contributed by atoms with Gasteiger partial charge in [-0.3, -0.25) is 14.9 Å². The van der Waals surface area contributed by atoms with Crippen LogP contribution in [0.2, 0.25) is 0 Å². The molecule has 8 heteroatoms. The van der Waals surface area contributed by atoms with Crippen LogP contribution in [0.3, 0.4) is 0 Å². The van der Waals surface area contributed by atoms with E-state index in [4.69, 9.17) is 4.42 Å². The van der Waals surface area contributed by atoms with Crippen molar-refractivity contribution >= 4 is 45.1 Å². The Morgan fingerprint density at radius 2 is 1.90 bits per heavy atom.